The molecule has 6 heteroatoms. The van der Waals surface area contributed by atoms with E-state index in [4.69, 9.17) is 0 Å². The fourth-order valence-corrected chi connectivity index (χ4v) is 1.45. The van der Waals surface area contributed by atoms with Crippen LogP contribution in [0, 0.1) is 10.4 Å². The Morgan fingerprint density at radius 2 is 1.46 bits per heavy atom. The van der Waals surface area contributed by atoms with Crippen molar-refractivity contribution in [2.45, 2.75) is 32.1 Å². The molecule has 0 aliphatic carbocycles. The summed E-state index contributed by atoms with van der Waals surface area (Å²) in [6.45, 7) is 1.32. The van der Waals surface area contributed by atoms with Crippen LogP contribution in [-0.2, 0) is 0 Å². The molecule has 0 unspecified atom stereocenters. The molecule has 0 aromatic heterocycles. The molecule has 5 nitrogen and oxygen atoms in total. The van der Waals surface area contributed by atoms with Gasteiger partial charge >= 0.3 is 29.6 Å². The van der Waals surface area contributed by atoms with Crippen LogP contribution in [0.2, 0.25) is 0 Å². The first-order valence-corrected chi connectivity index (χ1v) is 4.40. The first-order chi connectivity index (χ1) is 5.84. The van der Waals surface area contributed by atoms with E-state index in [9.17, 15) is 10.4 Å². The molecule has 0 bridgehead atoms. The zero-order chi connectivity index (χ0) is 8.81. The quantitative estimate of drug-likeness (QED) is 0.224. The molecule has 0 radical (unpaired) electrons. The van der Waals surface area contributed by atoms with Gasteiger partial charge in [0.2, 0.25) is 0 Å². The molecule has 0 amide bonds. The predicted octanol–water partition coefficient (Wildman–Crippen LogP) is -1.37. The second-order valence-corrected chi connectivity index (χ2v) is 3.06. The second-order valence-electron chi connectivity index (χ2n) is 3.06. The zero-order valence-electron chi connectivity index (χ0n) is 8.11. The first-order valence-electron chi connectivity index (χ1n) is 4.40. The number of rotatable bonds is 1. The fraction of sp³-hybridized carbons (Fsp3) is 1.00. The van der Waals surface area contributed by atoms with Crippen molar-refractivity contribution in [3.63, 3.8) is 0 Å². The monoisotopic (exact) mass is 195 g/mol. The summed E-state index contributed by atoms with van der Waals surface area (Å²) < 4.78 is 0. The van der Waals surface area contributed by atoms with E-state index in [1.165, 1.54) is 11.4 Å². The van der Waals surface area contributed by atoms with Crippen molar-refractivity contribution >= 4 is 0 Å². The molecule has 70 valence electrons. The van der Waals surface area contributed by atoms with Gasteiger partial charge in [0.1, 0.15) is 0 Å². The third-order valence-corrected chi connectivity index (χ3v) is 2.14. The maximum Gasteiger partial charge on any atom is 1.00 e. The Morgan fingerprint density at radius 1 is 1.00 bits per heavy atom. The van der Waals surface area contributed by atoms with Crippen molar-refractivity contribution in [1.29, 1.82) is 0 Å². The SMILES string of the molecule is [Na+].[O-]/N=[N+](\[O-])N1CCCCCCC1. The molecule has 0 aromatic rings. The molecule has 0 atom stereocenters. The van der Waals surface area contributed by atoms with Gasteiger partial charge in [0.15, 0.2) is 0 Å². The minimum atomic E-state index is 0. The molecular weight excluding hydrogens is 181 g/mol. The van der Waals surface area contributed by atoms with Crippen LogP contribution in [0.25, 0.3) is 0 Å². The zero-order valence-corrected chi connectivity index (χ0v) is 10.1. The van der Waals surface area contributed by atoms with E-state index in [1.54, 1.807) is 0 Å². The molecule has 1 fully saturated rings. The Bertz CT molecular complexity index is 158. The summed E-state index contributed by atoms with van der Waals surface area (Å²) in [5.74, 6) is 0. The molecule has 0 spiro atoms. The van der Waals surface area contributed by atoms with Crippen LogP contribution >= 0.6 is 0 Å². The average molecular weight is 195 g/mol. The smallest absolute Gasteiger partial charge is 0.737 e. The van der Waals surface area contributed by atoms with Gasteiger partial charge in [-0.05, 0) is 18.1 Å². The standard InChI is InChI=1S/C7H15N3O2.Na/c11-8-10(12)9-6-4-2-1-3-5-7-9;/h11H,1-7H2;/q;+1/p-1/b10-8-;. The molecule has 13 heavy (non-hydrogen) atoms. The van der Waals surface area contributed by atoms with Crippen LogP contribution in [-0.4, -0.2) is 23.1 Å². The molecule has 0 aromatic carbocycles. The van der Waals surface area contributed by atoms with Gasteiger partial charge in [-0.1, -0.05) is 19.3 Å². The van der Waals surface area contributed by atoms with Gasteiger partial charge < -0.3 is 10.4 Å². The Kier molecular flexibility index (Phi) is 7.41. The molecule has 0 saturated carbocycles. The number of hydrogen-bond donors (Lipinski definition) is 0. The summed E-state index contributed by atoms with van der Waals surface area (Å²) in [6, 6.07) is 0. The molecule has 1 heterocycles. The van der Waals surface area contributed by atoms with Gasteiger partial charge in [-0.15, -0.1) is 5.01 Å². The Hall–Kier alpha value is 0.0000000000000000555. The minimum absolute atomic E-state index is 0. The molecule has 1 saturated heterocycles. The van der Waals surface area contributed by atoms with Crippen molar-refractivity contribution in [3.05, 3.63) is 10.4 Å². The summed E-state index contributed by atoms with van der Waals surface area (Å²) >= 11 is 0. The van der Waals surface area contributed by atoms with E-state index in [1.807, 2.05) is 0 Å². The molecule has 1 aliphatic heterocycles. The van der Waals surface area contributed by atoms with Crippen molar-refractivity contribution in [1.82, 2.24) is 5.01 Å². The van der Waals surface area contributed by atoms with E-state index < -0.39 is 0 Å². The largest absolute Gasteiger partial charge is 1.00 e. The molecular formula is C7H14N3NaO2. The number of hydrazine groups is 1. The van der Waals surface area contributed by atoms with Crippen molar-refractivity contribution in [2.75, 3.05) is 13.1 Å². The summed E-state index contributed by atoms with van der Waals surface area (Å²) in [6.07, 6.45) is 5.48. The van der Waals surface area contributed by atoms with Gasteiger partial charge in [-0.3, -0.25) is 0 Å². The second kappa shape index (κ2) is 7.41. The maximum atomic E-state index is 10.8. The van der Waals surface area contributed by atoms with Crippen molar-refractivity contribution < 1.29 is 34.5 Å². The van der Waals surface area contributed by atoms with Crippen LogP contribution < -0.4 is 29.6 Å². The summed E-state index contributed by atoms with van der Waals surface area (Å²) in [4.78, 5) is 0.172. The van der Waals surface area contributed by atoms with Crippen LogP contribution in [0.3, 0.4) is 0 Å². The van der Waals surface area contributed by atoms with Gasteiger partial charge in [0.25, 0.3) is 0 Å². The van der Waals surface area contributed by atoms with Crippen molar-refractivity contribution in [3.8, 4) is 0 Å². The summed E-state index contributed by atoms with van der Waals surface area (Å²) in [5.41, 5.74) is 0. The summed E-state index contributed by atoms with van der Waals surface area (Å²) in [7, 11) is 0. The minimum Gasteiger partial charge on any atom is -0.737 e. The topological polar surface area (TPSA) is 64.7 Å². The van der Waals surface area contributed by atoms with Crippen molar-refractivity contribution in [2.24, 2.45) is 5.28 Å². The van der Waals surface area contributed by atoms with Gasteiger partial charge in [-0.2, -0.15) is 0 Å². The predicted molar refractivity (Wildman–Crippen MR) is 44.1 cm³/mol. The van der Waals surface area contributed by atoms with Gasteiger partial charge in [-0.25, -0.2) is 0 Å². The van der Waals surface area contributed by atoms with Gasteiger partial charge in [0, 0.05) is 4.97 Å². The Labute approximate surface area is 100 Å². The fourth-order valence-electron chi connectivity index (χ4n) is 1.45. The van der Waals surface area contributed by atoms with E-state index >= 15 is 0 Å². The van der Waals surface area contributed by atoms with Crippen LogP contribution in [0.1, 0.15) is 32.1 Å². The van der Waals surface area contributed by atoms with Crippen LogP contribution in [0.4, 0.5) is 0 Å². The maximum absolute atomic E-state index is 10.8. The van der Waals surface area contributed by atoms with Crippen LogP contribution in [0.15, 0.2) is 5.28 Å². The molecule has 0 N–H and O–H groups in total. The first kappa shape index (κ1) is 13.0. The molecule has 1 aliphatic rings. The summed E-state index contributed by atoms with van der Waals surface area (Å²) in [5, 5.41) is 24.5. The van der Waals surface area contributed by atoms with E-state index in [-0.39, 0.29) is 34.5 Å². The average Bonchev–Trinajstić information content (AvgIpc) is 2.02. The van der Waals surface area contributed by atoms with Crippen LogP contribution in [0.5, 0.6) is 0 Å². The number of nitrogens with zero attached hydrogens (tertiary/aromatic N) is 3. The number of hydrogen-bond acceptors (Lipinski definition) is 3. The van der Waals surface area contributed by atoms with E-state index in [0.717, 1.165) is 25.7 Å². The normalized spacial score (nSPS) is 20.0. The third kappa shape index (κ3) is 4.69. The van der Waals surface area contributed by atoms with E-state index in [2.05, 4.69) is 5.28 Å². The molecule has 1 rings (SSSR count). The Balaban J connectivity index is 0.00000144. The third-order valence-electron chi connectivity index (χ3n) is 2.14. The Morgan fingerprint density at radius 3 is 1.92 bits per heavy atom. The van der Waals surface area contributed by atoms with Gasteiger partial charge in [0.05, 0.1) is 13.1 Å². The van der Waals surface area contributed by atoms with E-state index in [0.29, 0.717) is 13.1 Å².